The van der Waals surface area contributed by atoms with Gasteiger partial charge in [0, 0.05) is 19.1 Å². The van der Waals surface area contributed by atoms with E-state index in [2.05, 4.69) is 16.7 Å². The maximum absolute atomic E-state index is 9.05. The number of benzene rings is 1. The van der Waals surface area contributed by atoms with Gasteiger partial charge in [-0.3, -0.25) is 0 Å². The molecule has 1 aliphatic rings. The van der Waals surface area contributed by atoms with Gasteiger partial charge in [-0.15, -0.1) is 0 Å². The van der Waals surface area contributed by atoms with Crippen LogP contribution in [0.2, 0.25) is 0 Å². The maximum Gasteiger partial charge on any atom is 0.101 e. The molecule has 1 fully saturated rings. The Morgan fingerprint density at radius 2 is 2.47 bits per heavy atom. The highest BCUT2D eigenvalue weighted by Gasteiger charge is 2.12. The van der Waals surface area contributed by atoms with Gasteiger partial charge in [-0.25, -0.2) is 0 Å². The third kappa shape index (κ3) is 3.19. The van der Waals surface area contributed by atoms with Gasteiger partial charge in [-0.1, -0.05) is 6.07 Å². The molecule has 0 bridgehead atoms. The SMILES string of the molecule is Cc1ccc(NCC2COCCN2)c(C#N)c1. The van der Waals surface area contributed by atoms with Gasteiger partial charge in [0.25, 0.3) is 0 Å². The number of rotatable bonds is 3. The Morgan fingerprint density at radius 1 is 1.59 bits per heavy atom. The molecule has 2 N–H and O–H groups in total. The van der Waals surface area contributed by atoms with Crippen molar-refractivity contribution in [3.63, 3.8) is 0 Å². The van der Waals surface area contributed by atoms with Gasteiger partial charge in [0.1, 0.15) is 6.07 Å². The summed E-state index contributed by atoms with van der Waals surface area (Å²) in [6.07, 6.45) is 0. The highest BCUT2D eigenvalue weighted by Crippen LogP contribution is 2.16. The molecule has 0 radical (unpaired) electrons. The van der Waals surface area contributed by atoms with Gasteiger partial charge >= 0.3 is 0 Å². The van der Waals surface area contributed by atoms with Crippen LogP contribution in [0.15, 0.2) is 18.2 Å². The van der Waals surface area contributed by atoms with E-state index in [4.69, 9.17) is 10.00 Å². The summed E-state index contributed by atoms with van der Waals surface area (Å²) in [6, 6.07) is 8.39. The molecule has 1 unspecified atom stereocenters. The molecule has 4 heteroatoms. The zero-order valence-corrected chi connectivity index (χ0v) is 9.99. The predicted molar refractivity (Wildman–Crippen MR) is 67.0 cm³/mol. The van der Waals surface area contributed by atoms with Gasteiger partial charge in [-0.05, 0) is 24.6 Å². The average molecular weight is 231 g/mol. The van der Waals surface area contributed by atoms with E-state index in [0.29, 0.717) is 11.6 Å². The lowest BCUT2D eigenvalue weighted by Gasteiger charge is -2.24. The Kier molecular flexibility index (Phi) is 3.97. The Morgan fingerprint density at radius 3 is 3.18 bits per heavy atom. The lowest BCUT2D eigenvalue weighted by Crippen LogP contribution is -2.45. The summed E-state index contributed by atoms with van der Waals surface area (Å²) in [4.78, 5) is 0. The van der Waals surface area contributed by atoms with Gasteiger partial charge in [0.2, 0.25) is 0 Å². The summed E-state index contributed by atoms with van der Waals surface area (Å²) in [7, 11) is 0. The Bertz CT molecular complexity index is 419. The van der Waals surface area contributed by atoms with Crippen LogP contribution in [0.4, 0.5) is 5.69 Å². The number of ether oxygens (including phenoxy) is 1. The third-order valence-corrected chi connectivity index (χ3v) is 2.83. The Balaban J connectivity index is 1.96. The van der Waals surface area contributed by atoms with E-state index in [9.17, 15) is 0 Å². The van der Waals surface area contributed by atoms with E-state index in [1.807, 2.05) is 25.1 Å². The Hall–Kier alpha value is -1.57. The number of nitrogens with one attached hydrogen (secondary N) is 2. The largest absolute Gasteiger partial charge is 0.382 e. The predicted octanol–water partition coefficient (Wildman–Crippen LogP) is 1.27. The molecule has 1 saturated heterocycles. The minimum atomic E-state index is 0.316. The van der Waals surface area contributed by atoms with Crippen LogP contribution in [0.5, 0.6) is 0 Å². The van der Waals surface area contributed by atoms with E-state index >= 15 is 0 Å². The van der Waals surface area contributed by atoms with Crippen molar-refractivity contribution in [3.8, 4) is 6.07 Å². The molecule has 90 valence electrons. The quantitative estimate of drug-likeness (QED) is 0.822. The summed E-state index contributed by atoms with van der Waals surface area (Å²) in [6.45, 7) is 5.16. The van der Waals surface area contributed by atoms with E-state index in [1.165, 1.54) is 0 Å². The maximum atomic E-state index is 9.05. The number of hydrogen-bond donors (Lipinski definition) is 2. The van der Waals surface area contributed by atoms with Crippen molar-refractivity contribution in [1.82, 2.24) is 5.32 Å². The van der Waals surface area contributed by atoms with Crippen molar-refractivity contribution in [2.75, 3.05) is 31.6 Å². The molecule has 2 rings (SSSR count). The minimum absolute atomic E-state index is 0.316. The fraction of sp³-hybridized carbons (Fsp3) is 0.462. The first kappa shape index (κ1) is 11.9. The molecular weight excluding hydrogens is 214 g/mol. The van der Waals surface area contributed by atoms with Gasteiger partial charge in [-0.2, -0.15) is 5.26 Å². The van der Waals surface area contributed by atoms with Crippen LogP contribution in [0.25, 0.3) is 0 Å². The molecule has 0 aromatic heterocycles. The van der Waals surface area contributed by atoms with Crippen LogP contribution in [-0.4, -0.2) is 32.3 Å². The van der Waals surface area contributed by atoms with E-state index in [1.54, 1.807) is 0 Å². The summed E-state index contributed by atoms with van der Waals surface area (Å²) in [5.74, 6) is 0. The standard InChI is InChI=1S/C13H17N3O/c1-10-2-3-13(11(6-10)7-14)16-8-12-9-17-5-4-15-12/h2-3,6,12,15-16H,4-5,8-9H2,1H3. The average Bonchev–Trinajstić information content (AvgIpc) is 2.38. The van der Waals surface area contributed by atoms with Crippen LogP contribution in [0.1, 0.15) is 11.1 Å². The monoisotopic (exact) mass is 231 g/mol. The van der Waals surface area contributed by atoms with Crippen LogP contribution in [0, 0.1) is 18.3 Å². The van der Waals surface area contributed by atoms with E-state index in [-0.39, 0.29) is 0 Å². The number of anilines is 1. The number of hydrogen-bond acceptors (Lipinski definition) is 4. The lowest BCUT2D eigenvalue weighted by molar-refractivity contribution is 0.0806. The van der Waals surface area contributed by atoms with Crippen molar-refractivity contribution < 1.29 is 4.74 Å². The topological polar surface area (TPSA) is 57.1 Å². The fourth-order valence-electron chi connectivity index (χ4n) is 1.89. The number of morpholine rings is 1. The fourth-order valence-corrected chi connectivity index (χ4v) is 1.89. The first-order valence-corrected chi connectivity index (χ1v) is 5.85. The molecule has 4 nitrogen and oxygen atoms in total. The molecule has 17 heavy (non-hydrogen) atoms. The van der Waals surface area contributed by atoms with E-state index < -0.39 is 0 Å². The zero-order chi connectivity index (χ0) is 12.1. The van der Waals surface area contributed by atoms with Crippen molar-refractivity contribution in [2.45, 2.75) is 13.0 Å². The molecule has 0 saturated carbocycles. The second kappa shape index (κ2) is 5.67. The van der Waals surface area contributed by atoms with Gasteiger partial charge < -0.3 is 15.4 Å². The number of nitriles is 1. The summed E-state index contributed by atoms with van der Waals surface area (Å²) >= 11 is 0. The minimum Gasteiger partial charge on any atom is -0.382 e. The molecule has 1 aromatic rings. The first-order valence-electron chi connectivity index (χ1n) is 5.85. The lowest BCUT2D eigenvalue weighted by atomic mass is 10.1. The molecule has 1 heterocycles. The summed E-state index contributed by atoms with van der Waals surface area (Å²) < 4.78 is 5.38. The second-order valence-electron chi connectivity index (χ2n) is 4.27. The van der Waals surface area contributed by atoms with Crippen LogP contribution in [0.3, 0.4) is 0 Å². The normalized spacial score (nSPS) is 19.6. The van der Waals surface area contributed by atoms with Gasteiger partial charge in [0.05, 0.1) is 24.5 Å². The summed E-state index contributed by atoms with van der Waals surface area (Å²) in [5, 5.41) is 15.7. The smallest absolute Gasteiger partial charge is 0.101 e. The molecule has 1 atom stereocenters. The molecule has 0 spiro atoms. The molecule has 0 aliphatic carbocycles. The third-order valence-electron chi connectivity index (χ3n) is 2.83. The highest BCUT2D eigenvalue weighted by molar-refractivity contribution is 5.58. The number of nitrogens with zero attached hydrogens (tertiary/aromatic N) is 1. The van der Waals surface area contributed by atoms with Crippen molar-refractivity contribution in [3.05, 3.63) is 29.3 Å². The summed E-state index contributed by atoms with van der Waals surface area (Å²) in [5.41, 5.74) is 2.69. The molecular formula is C13H17N3O. The Labute approximate surface area is 102 Å². The second-order valence-corrected chi connectivity index (χ2v) is 4.27. The van der Waals surface area contributed by atoms with Crippen molar-refractivity contribution in [2.24, 2.45) is 0 Å². The van der Waals surface area contributed by atoms with Crippen molar-refractivity contribution >= 4 is 5.69 Å². The van der Waals surface area contributed by atoms with E-state index in [0.717, 1.165) is 37.6 Å². The van der Waals surface area contributed by atoms with Gasteiger partial charge in [0.15, 0.2) is 0 Å². The molecule has 1 aliphatic heterocycles. The molecule has 0 amide bonds. The van der Waals surface area contributed by atoms with Crippen molar-refractivity contribution in [1.29, 1.82) is 5.26 Å². The van der Waals surface area contributed by atoms with Crippen LogP contribution < -0.4 is 10.6 Å². The first-order chi connectivity index (χ1) is 8.29. The zero-order valence-electron chi connectivity index (χ0n) is 9.99. The number of aryl methyl sites for hydroxylation is 1. The highest BCUT2D eigenvalue weighted by atomic mass is 16.5. The molecule has 1 aromatic carbocycles. The van der Waals surface area contributed by atoms with Crippen LogP contribution in [-0.2, 0) is 4.74 Å². The van der Waals surface area contributed by atoms with Crippen LogP contribution >= 0.6 is 0 Å².